The maximum absolute atomic E-state index is 12.4. The second-order valence-corrected chi connectivity index (χ2v) is 6.86. The van der Waals surface area contributed by atoms with E-state index in [-0.39, 0.29) is 17.7 Å². The van der Waals surface area contributed by atoms with Crippen LogP contribution in [0.1, 0.15) is 34.9 Å². The first-order valence-corrected chi connectivity index (χ1v) is 8.51. The molecule has 23 heavy (non-hydrogen) atoms. The highest BCUT2D eigenvalue weighted by Crippen LogP contribution is 2.11. The zero-order valence-electron chi connectivity index (χ0n) is 13.9. The van der Waals surface area contributed by atoms with Gasteiger partial charge in [0.25, 0.3) is 5.91 Å². The van der Waals surface area contributed by atoms with Crippen LogP contribution in [0.5, 0.6) is 0 Å². The Labute approximate surface area is 140 Å². The Morgan fingerprint density at radius 3 is 2.52 bits per heavy atom. The molecule has 0 aromatic carbocycles. The van der Waals surface area contributed by atoms with Gasteiger partial charge in [0.1, 0.15) is 6.04 Å². The number of nitrogens with one attached hydrogen (secondary N) is 2. The van der Waals surface area contributed by atoms with E-state index in [2.05, 4.69) is 10.6 Å². The van der Waals surface area contributed by atoms with Crippen molar-refractivity contribution in [3.05, 3.63) is 45.9 Å². The number of nitrogens with zero attached hydrogens (tertiary/aromatic N) is 1. The van der Waals surface area contributed by atoms with Crippen LogP contribution in [0, 0.1) is 12.8 Å². The lowest BCUT2D eigenvalue weighted by molar-refractivity contribution is -0.124. The minimum atomic E-state index is -0.550. The molecular weight excluding hydrogens is 310 g/mol. The second kappa shape index (κ2) is 7.46. The van der Waals surface area contributed by atoms with Crippen molar-refractivity contribution in [3.8, 4) is 0 Å². The lowest BCUT2D eigenvalue weighted by Crippen LogP contribution is -2.49. The lowest BCUT2D eigenvalue weighted by Gasteiger charge is -2.21. The SMILES string of the molecule is Cc1ccc(CNC(=O)[C@H](NC(=O)c2cccs2)C(C)C)n1C. The van der Waals surface area contributed by atoms with Crippen LogP contribution in [0.3, 0.4) is 0 Å². The average molecular weight is 333 g/mol. The van der Waals surface area contributed by atoms with Gasteiger partial charge in [0.15, 0.2) is 0 Å². The summed E-state index contributed by atoms with van der Waals surface area (Å²) in [5.41, 5.74) is 2.17. The van der Waals surface area contributed by atoms with E-state index in [1.165, 1.54) is 11.3 Å². The minimum absolute atomic E-state index is 0.00839. The summed E-state index contributed by atoms with van der Waals surface area (Å²) in [7, 11) is 1.97. The van der Waals surface area contributed by atoms with Gasteiger partial charge >= 0.3 is 0 Å². The van der Waals surface area contributed by atoms with Crippen LogP contribution in [0.25, 0.3) is 0 Å². The number of aromatic nitrogens is 1. The summed E-state index contributed by atoms with van der Waals surface area (Å²) in [5.74, 6) is -0.360. The molecule has 5 nitrogen and oxygen atoms in total. The Bertz CT molecular complexity index is 674. The largest absolute Gasteiger partial charge is 0.350 e. The Morgan fingerprint density at radius 1 is 1.26 bits per heavy atom. The van der Waals surface area contributed by atoms with Gasteiger partial charge in [-0.2, -0.15) is 0 Å². The van der Waals surface area contributed by atoms with Crippen molar-refractivity contribution < 1.29 is 9.59 Å². The molecule has 0 saturated carbocycles. The van der Waals surface area contributed by atoms with Crippen molar-refractivity contribution in [1.82, 2.24) is 15.2 Å². The van der Waals surface area contributed by atoms with Crippen molar-refractivity contribution in [3.63, 3.8) is 0 Å². The summed E-state index contributed by atoms with van der Waals surface area (Å²) in [4.78, 5) is 25.2. The Morgan fingerprint density at radius 2 is 2.00 bits per heavy atom. The molecule has 1 atom stereocenters. The highest BCUT2D eigenvalue weighted by atomic mass is 32.1. The first kappa shape index (κ1) is 17.3. The summed E-state index contributed by atoms with van der Waals surface area (Å²) in [6.45, 7) is 6.31. The highest BCUT2D eigenvalue weighted by Gasteiger charge is 2.24. The normalized spacial score (nSPS) is 12.2. The minimum Gasteiger partial charge on any atom is -0.350 e. The third kappa shape index (κ3) is 4.22. The van der Waals surface area contributed by atoms with E-state index in [1.54, 1.807) is 6.07 Å². The van der Waals surface area contributed by atoms with Gasteiger partial charge in [-0.15, -0.1) is 11.3 Å². The van der Waals surface area contributed by atoms with Gasteiger partial charge in [-0.25, -0.2) is 0 Å². The molecule has 0 aliphatic heterocycles. The molecule has 0 radical (unpaired) electrons. The monoisotopic (exact) mass is 333 g/mol. The topological polar surface area (TPSA) is 63.1 Å². The van der Waals surface area contributed by atoms with E-state index in [1.807, 2.05) is 56.0 Å². The van der Waals surface area contributed by atoms with Gasteiger partial charge in [0.2, 0.25) is 5.91 Å². The van der Waals surface area contributed by atoms with Gasteiger partial charge in [-0.3, -0.25) is 9.59 Å². The molecule has 0 spiro atoms. The van der Waals surface area contributed by atoms with E-state index < -0.39 is 6.04 Å². The van der Waals surface area contributed by atoms with Crippen LogP contribution >= 0.6 is 11.3 Å². The number of carbonyl (C=O) groups excluding carboxylic acids is 2. The molecule has 6 heteroatoms. The number of hydrogen-bond acceptors (Lipinski definition) is 3. The van der Waals surface area contributed by atoms with Crippen LogP contribution < -0.4 is 10.6 Å². The zero-order valence-corrected chi connectivity index (χ0v) is 14.7. The number of amides is 2. The molecule has 0 unspecified atom stereocenters. The van der Waals surface area contributed by atoms with Crippen LogP contribution in [0.15, 0.2) is 29.6 Å². The molecular formula is C17H23N3O2S. The predicted octanol–water partition coefficient (Wildman–Crippen LogP) is 2.47. The highest BCUT2D eigenvalue weighted by molar-refractivity contribution is 7.12. The van der Waals surface area contributed by atoms with Gasteiger partial charge in [-0.1, -0.05) is 19.9 Å². The predicted molar refractivity (Wildman–Crippen MR) is 92.4 cm³/mol. The number of thiophene rings is 1. The molecule has 0 saturated heterocycles. The molecule has 124 valence electrons. The Balaban J connectivity index is 1.98. The molecule has 0 aliphatic carbocycles. The smallest absolute Gasteiger partial charge is 0.262 e. The molecule has 2 aromatic heterocycles. The standard InChI is InChI=1S/C17H23N3O2S/c1-11(2)15(19-16(21)14-6-5-9-23-14)17(22)18-10-13-8-7-12(3)20(13)4/h5-9,11,15H,10H2,1-4H3,(H,18,22)(H,19,21)/t15-/m1/s1. The van der Waals surface area contributed by atoms with Crippen LogP contribution in [-0.4, -0.2) is 22.4 Å². The molecule has 0 aliphatic rings. The number of hydrogen-bond donors (Lipinski definition) is 2. The van der Waals surface area contributed by atoms with E-state index in [0.717, 1.165) is 11.4 Å². The van der Waals surface area contributed by atoms with Crippen LogP contribution in [0.2, 0.25) is 0 Å². The van der Waals surface area contributed by atoms with Crippen LogP contribution in [0.4, 0.5) is 0 Å². The summed E-state index contributed by atoms with van der Waals surface area (Å²) in [5, 5.41) is 7.59. The van der Waals surface area contributed by atoms with E-state index in [4.69, 9.17) is 0 Å². The molecule has 2 heterocycles. The number of rotatable bonds is 6. The molecule has 2 N–H and O–H groups in total. The van der Waals surface area contributed by atoms with E-state index in [0.29, 0.717) is 11.4 Å². The second-order valence-electron chi connectivity index (χ2n) is 5.92. The van der Waals surface area contributed by atoms with Crippen molar-refractivity contribution in [2.45, 2.75) is 33.4 Å². The fourth-order valence-electron chi connectivity index (χ4n) is 2.29. The Hall–Kier alpha value is -2.08. The van der Waals surface area contributed by atoms with Crippen molar-refractivity contribution in [2.24, 2.45) is 13.0 Å². The molecule has 2 aromatic rings. The average Bonchev–Trinajstić information content (AvgIpc) is 3.14. The van der Waals surface area contributed by atoms with E-state index in [9.17, 15) is 9.59 Å². The first-order valence-electron chi connectivity index (χ1n) is 7.63. The van der Waals surface area contributed by atoms with Gasteiger partial charge in [0, 0.05) is 18.4 Å². The lowest BCUT2D eigenvalue weighted by atomic mass is 10.0. The fourth-order valence-corrected chi connectivity index (χ4v) is 2.91. The first-order chi connectivity index (χ1) is 10.9. The van der Waals surface area contributed by atoms with Gasteiger partial charge < -0.3 is 15.2 Å². The number of carbonyl (C=O) groups is 2. The molecule has 2 amide bonds. The summed E-state index contributed by atoms with van der Waals surface area (Å²) in [6.07, 6.45) is 0. The third-order valence-corrected chi connectivity index (χ3v) is 4.77. The zero-order chi connectivity index (χ0) is 17.0. The van der Waals surface area contributed by atoms with Gasteiger partial charge in [-0.05, 0) is 36.4 Å². The number of aryl methyl sites for hydroxylation is 1. The fraction of sp³-hybridized carbons (Fsp3) is 0.412. The Kier molecular flexibility index (Phi) is 5.60. The van der Waals surface area contributed by atoms with Crippen molar-refractivity contribution in [2.75, 3.05) is 0 Å². The summed E-state index contributed by atoms with van der Waals surface area (Å²) < 4.78 is 2.04. The molecule has 2 rings (SSSR count). The van der Waals surface area contributed by atoms with Gasteiger partial charge in [0.05, 0.1) is 11.4 Å². The maximum Gasteiger partial charge on any atom is 0.262 e. The third-order valence-electron chi connectivity index (χ3n) is 3.90. The summed E-state index contributed by atoms with van der Waals surface area (Å²) in [6, 6.07) is 7.03. The summed E-state index contributed by atoms with van der Waals surface area (Å²) >= 11 is 1.36. The molecule has 0 fully saturated rings. The van der Waals surface area contributed by atoms with Crippen molar-refractivity contribution in [1.29, 1.82) is 0 Å². The van der Waals surface area contributed by atoms with E-state index >= 15 is 0 Å². The maximum atomic E-state index is 12.4. The quantitative estimate of drug-likeness (QED) is 0.853. The van der Waals surface area contributed by atoms with Crippen molar-refractivity contribution >= 4 is 23.2 Å². The van der Waals surface area contributed by atoms with Crippen LogP contribution in [-0.2, 0) is 18.4 Å². The molecule has 0 bridgehead atoms.